The van der Waals surface area contributed by atoms with E-state index in [4.69, 9.17) is 6.42 Å². The van der Waals surface area contributed by atoms with Crippen LogP contribution in [0.1, 0.15) is 12.0 Å². The van der Waals surface area contributed by atoms with Crippen molar-refractivity contribution in [2.24, 2.45) is 0 Å². The summed E-state index contributed by atoms with van der Waals surface area (Å²) in [5.41, 5.74) is 0.637. The molecule has 0 saturated heterocycles. The van der Waals surface area contributed by atoms with Crippen molar-refractivity contribution in [2.45, 2.75) is 12.8 Å². The van der Waals surface area contributed by atoms with Crippen LogP contribution in [-0.2, 0) is 6.42 Å². The van der Waals surface area contributed by atoms with Crippen LogP contribution in [0.4, 0.5) is 4.39 Å². The maximum Gasteiger partial charge on any atom is 0.144 e. The molecule has 2 heteroatoms. The second-order valence-corrected chi connectivity index (χ2v) is 2.17. The lowest BCUT2D eigenvalue weighted by atomic mass is 10.1. The lowest BCUT2D eigenvalue weighted by Crippen LogP contribution is -1.89. The van der Waals surface area contributed by atoms with Crippen LogP contribution in [0, 0.1) is 18.2 Å². The van der Waals surface area contributed by atoms with Crippen LogP contribution in [0.2, 0.25) is 0 Å². The summed E-state index contributed by atoms with van der Waals surface area (Å²) < 4.78 is 12.8. The predicted octanol–water partition coefficient (Wildman–Crippen LogP) is 1.79. The fourth-order valence-electron chi connectivity index (χ4n) is 0.814. The monoisotopic (exact) mass is 149 g/mol. The molecule has 56 valence electrons. The van der Waals surface area contributed by atoms with Crippen molar-refractivity contribution in [1.29, 1.82) is 0 Å². The molecular weight excluding hydrogens is 141 g/mol. The maximum atomic E-state index is 12.8. The molecule has 1 heterocycles. The van der Waals surface area contributed by atoms with Crippen LogP contribution in [0.5, 0.6) is 0 Å². The molecule has 1 aromatic rings. The molecule has 0 radical (unpaired) electrons. The molecule has 0 fully saturated rings. The van der Waals surface area contributed by atoms with Gasteiger partial charge in [-0.15, -0.1) is 12.3 Å². The van der Waals surface area contributed by atoms with E-state index >= 15 is 0 Å². The SMILES string of the molecule is C#CCCc1ccncc1F. The van der Waals surface area contributed by atoms with Gasteiger partial charge < -0.3 is 0 Å². The molecule has 0 aliphatic rings. The molecule has 0 spiro atoms. The largest absolute Gasteiger partial charge is 0.262 e. The average molecular weight is 149 g/mol. The molecule has 11 heavy (non-hydrogen) atoms. The molecule has 0 saturated carbocycles. The Bertz CT molecular complexity index is 275. The smallest absolute Gasteiger partial charge is 0.144 e. The third kappa shape index (κ3) is 2.05. The van der Waals surface area contributed by atoms with E-state index in [-0.39, 0.29) is 5.82 Å². The van der Waals surface area contributed by atoms with Crippen molar-refractivity contribution in [3.63, 3.8) is 0 Å². The minimum atomic E-state index is -0.275. The van der Waals surface area contributed by atoms with E-state index in [0.717, 1.165) is 0 Å². The average Bonchev–Trinajstić information content (AvgIpc) is 2.03. The van der Waals surface area contributed by atoms with E-state index in [1.54, 1.807) is 12.3 Å². The summed E-state index contributed by atoms with van der Waals surface area (Å²) in [7, 11) is 0. The highest BCUT2D eigenvalue weighted by Crippen LogP contribution is 2.06. The molecule has 0 aliphatic carbocycles. The van der Waals surface area contributed by atoms with Gasteiger partial charge in [0.2, 0.25) is 0 Å². The molecular formula is C9H8FN. The summed E-state index contributed by atoms with van der Waals surface area (Å²) in [6.07, 6.45) is 8.96. The number of pyridine rings is 1. The fourth-order valence-corrected chi connectivity index (χ4v) is 0.814. The predicted molar refractivity (Wildman–Crippen MR) is 41.3 cm³/mol. The van der Waals surface area contributed by atoms with Gasteiger partial charge in [0.1, 0.15) is 5.82 Å². The second kappa shape index (κ2) is 3.72. The molecule has 0 aliphatic heterocycles. The summed E-state index contributed by atoms with van der Waals surface area (Å²) in [5.74, 6) is 2.18. The van der Waals surface area contributed by atoms with Gasteiger partial charge in [-0.25, -0.2) is 4.39 Å². The molecule has 0 N–H and O–H groups in total. The zero-order valence-electron chi connectivity index (χ0n) is 6.05. The van der Waals surface area contributed by atoms with Gasteiger partial charge in [0, 0.05) is 12.6 Å². The molecule has 1 nitrogen and oxygen atoms in total. The number of hydrogen-bond acceptors (Lipinski definition) is 1. The Kier molecular flexibility index (Phi) is 2.62. The number of aryl methyl sites for hydroxylation is 1. The molecule has 0 aromatic carbocycles. The van der Waals surface area contributed by atoms with Crippen LogP contribution >= 0.6 is 0 Å². The van der Waals surface area contributed by atoms with Gasteiger partial charge in [0.25, 0.3) is 0 Å². The van der Waals surface area contributed by atoms with Crippen LogP contribution < -0.4 is 0 Å². The highest BCUT2D eigenvalue weighted by Gasteiger charge is 1.98. The minimum Gasteiger partial charge on any atom is -0.262 e. The van der Waals surface area contributed by atoms with Crippen LogP contribution in [0.15, 0.2) is 18.5 Å². The van der Waals surface area contributed by atoms with Crippen LogP contribution in [0.25, 0.3) is 0 Å². The quantitative estimate of drug-likeness (QED) is 0.584. The molecule has 1 rings (SSSR count). The summed E-state index contributed by atoms with van der Waals surface area (Å²) in [5, 5.41) is 0. The number of rotatable bonds is 2. The van der Waals surface area contributed by atoms with E-state index in [1.807, 2.05) is 0 Å². The van der Waals surface area contributed by atoms with E-state index in [2.05, 4.69) is 10.9 Å². The first kappa shape index (κ1) is 7.74. The number of nitrogens with zero attached hydrogens (tertiary/aromatic N) is 1. The topological polar surface area (TPSA) is 12.9 Å². The Morgan fingerprint density at radius 2 is 2.45 bits per heavy atom. The Labute approximate surface area is 65.3 Å². The highest BCUT2D eigenvalue weighted by atomic mass is 19.1. The van der Waals surface area contributed by atoms with Crippen molar-refractivity contribution in [2.75, 3.05) is 0 Å². The Morgan fingerprint density at radius 1 is 1.64 bits per heavy atom. The van der Waals surface area contributed by atoms with E-state index in [9.17, 15) is 4.39 Å². The summed E-state index contributed by atoms with van der Waals surface area (Å²) in [6, 6.07) is 1.65. The third-order valence-electron chi connectivity index (χ3n) is 1.40. The first-order chi connectivity index (χ1) is 5.34. The highest BCUT2D eigenvalue weighted by molar-refractivity contribution is 5.13. The number of terminal acetylenes is 1. The van der Waals surface area contributed by atoms with Gasteiger partial charge in [-0.1, -0.05) is 0 Å². The zero-order chi connectivity index (χ0) is 8.10. The van der Waals surface area contributed by atoms with Crippen molar-refractivity contribution < 1.29 is 4.39 Å². The maximum absolute atomic E-state index is 12.8. The van der Waals surface area contributed by atoms with Crippen LogP contribution in [0.3, 0.4) is 0 Å². The van der Waals surface area contributed by atoms with E-state index in [0.29, 0.717) is 18.4 Å². The third-order valence-corrected chi connectivity index (χ3v) is 1.40. The molecule has 0 atom stereocenters. The van der Waals surface area contributed by atoms with E-state index < -0.39 is 0 Å². The molecule has 0 bridgehead atoms. The van der Waals surface area contributed by atoms with Gasteiger partial charge in [-0.3, -0.25) is 4.98 Å². The summed E-state index contributed by atoms with van der Waals surface area (Å²) in [4.78, 5) is 3.63. The molecule has 1 aromatic heterocycles. The summed E-state index contributed by atoms with van der Waals surface area (Å²) >= 11 is 0. The second-order valence-electron chi connectivity index (χ2n) is 2.17. The fraction of sp³-hybridized carbons (Fsp3) is 0.222. The number of hydrogen-bond donors (Lipinski definition) is 0. The van der Waals surface area contributed by atoms with Crippen LogP contribution in [-0.4, -0.2) is 4.98 Å². The Balaban J connectivity index is 2.71. The van der Waals surface area contributed by atoms with Gasteiger partial charge in [0.05, 0.1) is 6.20 Å². The van der Waals surface area contributed by atoms with E-state index in [1.165, 1.54) is 6.20 Å². The lowest BCUT2D eigenvalue weighted by molar-refractivity contribution is 0.603. The van der Waals surface area contributed by atoms with Crippen molar-refractivity contribution in [3.8, 4) is 12.3 Å². The van der Waals surface area contributed by atoms with Crippen molar-refractivity contribution in [1.82, 2.24) is 4.98 Å². The normalized spacial score (nSPS) is 9.09. The number of aromatic nitrogens is 1. The Hall–Kier alpha value is -1.36. The van der Waals surface area contributed by atoms with Gasteiger partial charge >= 0.3 is 0 Å². The first-order valence-electron chi connectivity index (χ1n) is 3.36. The Morgan fingerprint density at radius 3 is 3.09 bits per heavy atom. The number of halogens is 1. The van der Waals surface area contributed by atoms with Gasteiger partial charge in [-0.05, 0) is 18.1 Å². The molecule has 0 amide bonds. The minimum absolute atomic E-state index is 0.275. The van der Waals surface area contributed by atoms with Crippen molar-refractivity contribution >= 4 is 0 Å². The van der Waals surface area contributed by atoms with Gasteiger partial charge in [0.15, 0.2) is 0 Å². The molecule has 0 unspecified atom stereocenters. The standard InChI is InChI=1S/C9H8FN/c1-2-3-4-8-5-6-11-7-9(8)10/h1,5-7H,3-4H2. The first-order valence-corrected chi connectivity index (χ1v) is 3.36. The van der Waals surface area contributed by atoms with Gasteiger partial charge in [-0.2, -0.15) is 0 Å². The van der Waals surface area contributed by atoms with Crippen molar-refractivity contribution in [3.05, 3.63) is 29.8 Å². The summed E-state index contributed by atoms with van der Waals surface area (Å²) in [6.45, 7) is 0. The zero-order valence-corrected chi connectivity index (χ0v) is 6.05. The lowest BCUT2D eigenvalue weighted by Gasteiger charge is -1.96.